The Bertz CT molecular complexity index is 633. The maximum atomic E-state index is 12.0. The molecule has 0 aliphatic rings. The van der Waals surface area contributed by atoms with Crippen LogP contribution in [0.15, 0.2) is 10.9 Å². The molecular weight excluding hydrogens is 262 g/mol. The smallest absolute Gasteiger partial charge is 0.276 e. The molecule has 2 heterocycles. The zero-order valence-corrected chi connectivity index (χ0v) is 12.3. The zero-order valence-electron chi connectivity index (χ0n) is 11.5. The molecule has 0 aromatic carbocycles. The molecule has 0 fully saturated rings. The van der Waals surface area contributed by atoms with Crippen LogP contribution in [0.1, 0.15) is 26.0 Å². The van der Waals surface area contributed by atoms with Gasteiger partial charge in [0.05, 0.1) is 11.3 Å². The first-order chi connectivity index (χ1) is 9.01. The predicted octanol–water partition coefficient (Wildman–Crippen LogP) is 1.82. The summed E-state index contributed by atoms with van der Waals surface area (Å²) in [5.41, 5.74) is 1.17. The van der Waals surface area contributed by atoms with E-state index in [2.05, 4.69) is 34.5 Å². The van der Waals surface area contributed by atoms with E-state index in [0.717, 1.165) is 17.2 Å². The topological polar surface area (TPSA) is 72.7 Å². The van der Waals surface area contributed by atoms with E-state index < -0.39 is 0 Å². The molecule has 1 unspecified atom stereocenters. The van der Waals surface area contributed by atoms with Crippen molar-refractivity contribution in [3.8, 4) is 10.6 Å². The van der Waals surface area contributed by atoms with E-state index in [9.17, 15) is 4.79 Å². The molecule has 6 nitrogen and oxygen atoms in total. The van der Waals surface area contributed by atoms with Gasteiger partial charge in [0.15, 0.2) is 5.01 Å². The van der Waals surface area contributed by atoms with Gasteiger partial charge in [0, 0.05) is 13.1 Å². The third kappa shape index (κ3) is 2.98. The van der Waals surface area contributed by atoms with Crippen LogP contribution in [0, 0.1) is 6.92 Å². The number of anilines is 1. The predicted molar refractivity (Wildman–Crippen MR) is 76.5 cm³/mol. The highest BCUT2D eigenvalue weighted by Crippen LogP contribution is 2.24. The van der Waals surface area contributed by atoms with Gasteiger partial charge in [0.1, 0.15) is 0 Å². The highest BCUT2D eigenvalue weighted by molar-refractivity contribution is 7.18. The van der Waals surface area contributed by atoms with E-state index in [-0.39, 0.29) is 5.56 Å². The van der Waals surface area contributed by atoms with Gasteiger partial charge < -0.3 is 5.32 Å². The molecule has 1 N–H and O–H groups in total. The van der Waals surface area contributed by atoms with Crippen LogP contribution in [0.25, 0.3) is 10.6 Å². The molecule has 0 bridgehead atoms. The first-order valence-corrected chi connectivity index (χ1v) is 6.98. The molecule has 19 heavy (non-hydrogen) atoms. The Labute approximate surface area is 115 Å². The van der Waals surface area contributed by atoms with Crippen LogP contribution < -0.4 is 10.9 Å². The van der Waals surface area contributed by atoms with E-state index >= 15 is 0 Å². The fourth-order valence-electron chi connectivity index (χ4n) is 1.61. The third-order valence-corrected chi connectivity index (χ3v) is 3.71. The van der Waals surface area contributed by atoms with Gasteiger partial charge in [-0.1, -0.05) is 18.3 Å². The molecule has 2 aromatic heterocycles. The summed E-state index contributed by atoms with van der Waals surface area (Å²) in [6.45, 7) is 6.03. The second-order valence-electron chi connectivity index (χ2n) is 4.49. The minimum absolute atomic E-state index is 0.156. The van der Waals surface area contributed by atoms with Crippen LogP contribution in [-0.4, -0.2) is 26.0 Å². The molecule has 0 saturated carbocycles. The molecule has 2 aromatic rings. The number of nitrogens with zero attached hydrogens (tertiary/aromatic N) is 4. The second kappa shape index (κ2) is 5.48. The molecule has 1 atom stereocenters. The number of nitrogens with one attached hydrogen (secondary N) is 1. The molecule has 0 radical (unpaired) electrons. The van der Waals surface area contributed by atoms with Crippen molar-refractivity contribution in [3.63, 3.8) is 0 Å². The first-order valence-electron chi connectivity index (χ1n) is 6.16. The summed E-state index contributed by atoms with van der Waals surface area (Å²) in [5, 5.41) is 16.8. The Hall–Kier alpha value is -1.76. The van der Waals surface area contributed by atoms with Crippen LogP contribution in [0.3, 0.4) is 0 Å². The number of aryl methyl sites for hydroxylation is 2. The Morgan fingerprint density at radius 3 is 2.89 bits per heavy atom. The fraction of sp³-hybridized carbons (Fsp3) is 0.500. The summed E-state index contributed by atoms with van der Waals surface area (Å²) >= 11 is 1.39. The average Bonchev–Trinajstić information content (AvgIpc) is 2.81. The summed E-state index contributed by atoms with van der Waals surface area (Å²) in [7, 11) is 1.64. The lowest BCUT2D eigenvalue weighted by atomic mass is 10.3. The number of rotatable bonds is 4. The summed E-state index contributed by atoms with van der Waals surface area (Å²) in [5.74, 6) is 0. The summed E-state index contributed by atoms with van der Waals surface area (Å²) < 4.78 is 1.33. The quantitative estimate of drug-likeness (QED) is 0.924. The minimum atomic E-state index is -0.156. The monoisotopic (exact) mass is 279 g/mol. The maximum Gasteiger partial charge on any atom is 0.276 e. The lowest BCUT2D eigenvalue weighted by molar-refractivity contribution is 0.694. The lowest BCUT2D eigenvalue weighted by Crippen LogP contribution is -2.21. The van der Waals surface area contributed by atoms with Crippen molar-refractivity contribution in [2.24, 2.45) is 7.05 Å². The van der Waals surface area contributed by atoms with E-state index in [1.54, 1.807) is 13.1 Å². The van der Waals surface area contributed by atoms with Crippen molar-refractivity contribution < 1.29 is 0 Å². The fourth-order valence-corrected chi connectivity index (χ4v) is 2.48. The molecule has 0 amide bonds. The summed E-state index contributed by atoms with van der Waals surface area (Å²) in [4.78, 5) is 12.0. The largest absolute Gasteiger partial charge is 0.358 e. The average molecular weight is 279 g/mol. The molecule has 102 valence electrons. The van der Waals surface area contributed by atoms with E-state index in [1.165, 1.54) is 16.0 Å². The van der Waals surface area contributed by atoms with E-state index in [4.69, 9.17) is 0 Å². The van der Waals surface area contributed by atoms with Gasteiger partial charge >= 0.3 is 0 Å². The maximum absolute atomic E-state index is 12.0. The number of aromatic nitrogens is 4. The third-order valence-electron chi connectivity index (χ3n) is 2.82. The van der Waals surface area contributed by atoms with Crippen LogP contribution in [-0.2, 0) is 7.05 Å². The standard InChI is InChI=1S/C12H17N5OS/c1-5-7(2)13-12-15-14-10(19-12)9-6-8(3)16-17(4)11(9)18/h6-7H,5H2,1-4H3,(H,13,15). The molecule has 7 heteroatoms. The molecule has 2 rings (SSSR count). The molecule has 0 saturated heterocycles. The van der Waals surface area contributed by atoms with Crippen molar-refractivity contribution in [1.29, 1.82) is 0 Å². The van der Waals surface area contributed by atoms with Crippen LogP contribution in [0.5, 0.6) is 0 Å². The van der Waals surface area contributed by atoms with Gasteiger partial charge in [-0.05, 0) is 26.3 Å². The van der Waals surface area contributed by atoms with Gasteiger partial charge in [-0.25, -0.2) is 4.68 Å². The molecule has 0 aliphatic heterocycles. The number of hydrogen-bond donors (Lipinski definition) is 1. The van der Waals surface area contributed by atoms with Crippen LogP contribution in [0.2, 0.25) is 0 Å². The van der Waals surface area contributed by atoms with E-state index in [0.29, 0.717) is 16.6 Å². The summed E-state index contributed by atoms with van der Waals surface area (Å²) in [6.07, 6.45) is 1.01. The SMILES string of the molecule is CCC(C)Nc1nnc(-c2cc(C)nn(C)c2=O)s1. The molecular formula is C12H17N5OS. The van der Waals surface area contributed by atoms with Gasteiger partial charge in [-0.3, -0.25) is 4.79 Å². The Kier molecular flexibility index (Phi) is 3.94. The van der Waals surface area contributed by atoms with Gasteiger partial charge in [-0.2, -0.15) is 5.10 Å². The minimum Gasteiger partial charge on any atom is -0.358 e. The van der Waals surface area contributed by atoms with E-state index in [1.807, 2.05) is 6.92 Å². The number of hydrogen-bond acceptors (Lipinski definition) is 6. The molecule has 0 spiro atoms. The highest BCUT2D eigenvalue weighted by atomic mass is 32.1. The van der Waals surface area contributed by atoms with Crippen molar-refractivity contribution in [3.05, 3.63) is 22.1 Å². The van der Waals surface area contributed by atoms with Crippen molar-refractivity contribution >= 4 is 16.5 Å². The first kappa shape index (κ1) is 13.7. The second-order valence-corrected chi connectivity index (χ2v) is 5.47. The summed E-state index contributed by atoms with van der Waals surface area (Å²) in [6, 6.07) is 2.08. The normalized spacial score (nSPS) is 12.4. The van der Waals surface area contributed by atoms with Crippen molar-refractivity contribution in [2.75, 3.05) is 5.32 Å². The van der Waals surface area contributed by atoms with Crippen molar-refractivity contribution in [1.82, 2.24) is 20.0 Å². The van der Waals surface area contributed by atoms with Gasteiger partial charge in [0.25, 0.3) is 5.56 Å². The zero-order chi connectivity index (χ0) is 14.0. The Morgan fingerprint density at radius 2 is 2.21 bits per heavy atom. The van der Waals surface area contributed by atoms with Crippen LogP contribution >= 0.6 is 11.3 Å². The Morgan fingerprint density at radius 1 is 1.47 bits per heavy atom. The highest BCUT2D eigenvalue weighted by Gasteiger charge is 2.13. The van der Waals surface area contributed by atoms with Crippen molar-refractivity contribution in [2.45, 2.75) is 33.2 Å². The van der Waals surface area contributed by atoms with Gasteiger partial charge in [-0.15, -0.1) is 10.2 Å². The lowest BCUT2D eigenvalue weighted by Gasteiger charge is -2.07. The molecule has 0 aliphatic carbocycles. The van der Waals surface area contributed by atoms with Gasteiger partial charge in [0.2, 0.25) is 5.13 Å². The Balaban J connectivity index is 2.36. The van der Waals surface area contributed by atoms with Crippen LogP contribution in [0.4, 0.5) is 5.13 Å².